The van der Waals surface area contributed by atoms with Crippen molar-refractivity contribution in [1.29, 1.82) is 0 Å². The zero-order valence-corrected chi connectivity index (χ0v) is 18.5. The highest BCUT2D eigenvalue weighted by Gasteiger charge is 2.19. The summed E-state index contributed by atoms with van der Waals surface area (Å²) in [6.07, 6.45) is 2.39. The van der Waals surface area contributed by atoms with E-state index >= 15 is 0 Å². The minimum atomic E-state index is -0.210. The van der Waals surface area contributed by atoms with Crippen LogP contribution in [0.2, 0.25) is 0 Å². The summed E-state index contributed by atoms with van der Waals surface area (Å²) in [5.41, 5.74) is 1.85. The normalized spacial score (nSPS) is 13.9. The molecule has 0 atom stereocenters. The first kappa shape index (κ1) is 21.9. The predicted molar refractivity (Wildman–Crippen MR) is 127 cm³/mol. The number of pyridine rings is 1. The number of nitrogens with one attached hydrogen (secondary N) is 2. The van der Waals surface area contributed by atoms with Crippen molar-refractivity contribution in [2.75, 3.05) is 38.1 Å². The quantitative estimate of drug-likeness (QED) is 0.561. The largest absolute Gasteiger partial charge is 0.494 e. The van der Waals surface area contributed by atoms with Crippen LogP contribution in [0, 0.1) is 0 Å². The summed E-state index contributed by atoms with van der Waals surface area (Å²) >= 11 is 0. The number of urea groups is 1. The lowest BCUT2D eigenvalue weighted by Gasteiger charge is -2.26. The summed E-state index contributed by atoms with van der Waals surface area (Å²) in [5.74, 6) is 0.755. The molecule has 2 heterocycles. The van der Waals surface area contributed by atoms with Gasteiger partial charge in [0.05, 0.1) is 13.2 Å². The second kappa shape index (κ2) is 10.3. The Balaban J connectivity index is 1.56. The first-order valence-electron chi connectivity index (χ1n) is 11.2. The molecule has 3 aromatic rings. The van der Waals surface area contributed by atoms with E-state index in [1.54, 1.807) is 4.90 Å². The summed E-state index contributed by atoms with van der Waals surface area (Å²) in [6, 6.07) is 16.6. The number of benzene rings is 2. The highest BCUT2D eigenvalue weighted by Crippen LogP contribution is 2.20. The van der Waals surface area contributed by atoms with E-state index in [1.807, 2.05) is 61.5 Å². The molecule has 1 fully saturated rings. The third-order valence-corrected chi connectivity index (χ3v) is 5.76. The number of ether oxygens (including phenoxy) is 1. The van der Waals surface area contributed by atoms with E-state index in [0.29, 0.717) is 18.7 Å². The van der Waals surface area contributed by atoms with Gasteiger partial charge in [0, 0.05) is 35.2 Å². The number of aromatic nitrogens is 1. The molecule has 2 N–H and O–H groups in total. The number of carbonyl (C=O) groups is 1. The Morgan fingerprint density at radius 2 is 1.91 bits per heavy atom. The highest BCUT2D eigenvalue weighted by molar-refractivity contribution is 5.89. The molecule has 168 valence electrons. The highest BCUT2D eigenvalue weighted by atomic mass is 16.5. The van der Waals surface area contributed by atoms with Gasteiger partial charge in [0.25, 0.3) is 5.56 Å². The molecular weight excluding hydrogens is 404 g/mol. The van der Waals surface area contributed by atoms with Crippen LogP contribution in [-0.2, 0) is 6.54 Å². The van der Waals surface area contributed by atoms with Gasteiger partial charge >= 0.3 is 6.03 Å². The smallest absolute Gasteiger partial charge is 0.322 e. The molecule has 0 unspecified atom stereocenters. The molecule has 1 aromatic heterocycles. The maximum absolute atomic E-state index is 13.1. The fourth-order valence-corrected chi connectivity index (χ4v) is 4.05. The van der Waals surface area contributed by atoms with E-state index < -0.39 is 0 Å². The van der Waals surface area contributed by atoms with Crippen LogP contribution in [-0.4, -0.2) is 53.6 Å². The number of likely N-dealkylation sites (tertiary alicyclic amines) is 1. The van der Waals surface area contributed by atoms with Gasteiger partial charge in [-0.1, -0.05) is 18.2 Å². The van der Waals surface area contributed by atoms with Gasteiger partial charge in [-0.15, -0.1) is 0 Å². The zero-order valence-electron chi connectivity index (χ0n) is 18.5. The number of hydrogen-bond donors (Lipinski definition) is 2. The van der Waals surface area contributed by atoms with Crippen LogP contribution in [0.15, 0.2) is 59.4 Å². The van der Waals surface area contributed by atoms with Crippen LogP contribution in [0.5, 0.6) is 5.75 Å². The van der Waals surface area contributed by atoms with E-state index in [4.69, 9.17) is 4.74 Å². The van der Waals surface area contributed by atoms with Gasteiger partial charge in [-0.05, 0) is 69.3 Å². The maximum atomic E-state index is 13.1. The Bertz CT molecular complexity index is 1110. The Kier molecular flexibility index (Phi) is 7.07. The van der Waals surface area contributed by atoms with Crippen molar-refractivity contribution in [2.24, 2.45) is 0 Å². The Labute approximate surface area is 188 Å². The summed E-state index contributed by atoms with van der Waals surface area (Å²) in [5, 5.41) is 3.84. The average Bonchev–Trinajstić information content (AvgIpc) is 3.31. The lowest BCUT2D eigenvalue weighted by Crippen LogP contribution is -2.41. The first-order valence-corrected chi connectivity index (χ1v) is 11.2. The number of hydrogen-bond acceptors (Lipinski definition) is 4. The number of amides is 2. The predicted octanol–water partition coefficient (Wildman–Crippen LogP) is 4.06. The first-order chi connectivity index (χ1) is 15.6. The molecule has 7 heteroatoms. The number of H-pyrrole nitrogens is 1. The van der Waals surface area contributed by atoms with Crippen molar-refractivity contribution >= 4 is 22.6 Å². The second-order valence-electron chi connectivity index (χ2n) is 8.07. The molecule has 0 radical (unpaired) electrons. The van der Waals surface area contributed by atoms with Gasteiger partial charge in [0.1, 0.15) is 5.75 Å². The fraction of sp³-hybridized carbons (Fsp3) is 0.360. The van der Waals surface area contributed by atoms with Crippen LogP contribution in [0.3, 0.4) is 0 Å². The van der Waals surface area contributed by atoms with Crippen LogP contribution < -0.4 is 15.6 Å². The van der Waals surface area contributed by atoms with Crippen molar-refractivity contribution in [3.63, 3.8) is 0 Å². The van der Waals surface area contributed by atoms with Gasteiger partial charge in [0.15, 0.2) is 0 Å². The van der Waals surface area contributed by atoms with E-state index in [9.17, 15) is 9.59 Å². The summed E-state index contributed by atoms with van der Waals surface area (Å²) in [7, 11) is 0. The number of rotatable bonds is 8. The molecule has 2 aromatic carbocycles. The zero-order chi connectivity index (χ0) is 22.3. The molecule has 2 amide bonds. The van der Waals surface area contributed by atoms with Crippen molar-refractivity contribution in [3.8, 4) is 5.75 Å². The molecule has 1 aliphatic heterocycles. The third kappa shape index (κ3) is 5.48. The van der Waals surface area contributed by atoms with Crippen LogP contribution in [0.25, 0.3) is 10.9 Å². The average molecular weight is 435 g/mol. The number of carbonyl (C=O) groups excluding carboxylic acids is 1. The molecule has 0 aliphatic carbocycles. The van der Waals surface area contributed by atoms with Crippen molar-refractivity contribution in [1.82, 2.24) is 14.8 Å². The summed E-state index contributed by atoms with van der Waals surface area (Å²) in [4.78, 5) is 32.9. The molecule has 7 nitrogen and oxygen atoms in total. The molecule has 0 spiro atoms. The third-order valence-electron chi connectivity index (χ3n) is 5.76. The molecule has 1 saturated heterocycles. The number of nitrogens with zero attached hydrogens (tertiary/aromatic N) is 2. The van der Waals surface area contributed by atoms with E-state index in [-0.39, 0.29) is 18.1 Å². The van der Waals surface area contributed by atoms with Gasteiger partial charge in [-0.2, -0.15) is 0 Å². The number of fused-ring (bicyclic) bond motifs is 1. The molecule has 1 aliphatic rings. The summed E-state index contributed by atoms with van der Waals surface area (Å²) < 4.78 is 5.59. The molecule has 0 bridgehead atoms. The fourth-order valence-electron chi connectivity index (χ4n) is 4.05. The molecular formula is C25H30N4O3. The van der Waals surface area contributed by atoms with Gasteiger partial charge in [-0.25, -0.2) is 4.79 Å². The van der Waals surface area contributed by atoms with Gasteiger partial charge in [-0.3, -0.25) is 4.79 Å². The van der Waals surface area contributed by atoms with E-state index in [2.05, 4.69) is 15.2 Å². The molecule has 0 saturated carbocycles. The van der Waals surface area contributed by atoms with Crippen molar-refractivity contribution in [3.05, 3.63) is 70.5 Å². The topological polar surface area (TPSA) is 77.7 Å². The SMILES string of the molecule is CCOc1ccc2[nH]c(=O)c(CN(CCN3CCCC3)C(=O)Nc3ccccc3)cc2c1. The molecule has 4 rings (SSSR count). The second-order valence-corrected chi connectivity index (χ2v) is 8.07. The maximum Gasteiger partial charge on any atom is 0.322 e. The van der Waals surface area contributed by atoms with Gasteiger partial charge < -0.3 is 24.8 Å². The minimum Gasteiger partial charge on any atom is -0.494 e. The van der Waals surface area contributed by atoms with Crippen molar-refractivity contribution in [2.45, 2.75) is 26.3 Å². The Morgan fingerprint density at radius 3 is 2.66 bits per heavy atom. The van der Waals surface area contributed by atoms with E-state index in [1.165, 1.54) is 12.8 Å². The lowest BCUT2D eigenvalue weighted by atomic mass is 10.1. The monoisotopic (exact) mass is 434 g/mol. The number of para-hydroxylation sites is 1. The Hall–Kier alpha value is -3.32. The number of anilines is 1. The minimum absolute atomic E-state index is 0.180. The van der Waals surface area contributed by atoms with E-state index in [0.717, 1.165) is 42.0 Å². The standard InChI is InChI=1S/C25H30N4O3/c1-2-32-22-10-11-23-19(17-22)16-20(24(30)27-23)18-29(15-14-28-12-6-7-13-28)25(31)26-21-8-4-3-5-9-21/h3-5,8-11,16-17H,2,6-7,12-15,18H2,1H3,(H,26,31)(H,27,30). The number of aromatic amines is 1. The van der Waals surface area contributed by atoms with Crippen molar-refractivity contribution < 1.29 is 9.53 Å². The van der Waals surface area contributed by atoms with Gasteiger partial charge in [0.2, 0.25) is 0 Å². The van der Waals surface area contributed by atoms with Crippen LogP contribution in [0.4, 0.5) is 10.5 Å². The lowest BCUT2D eigenvalue weighted by molar-refractivity contribution is 0.197. The Morgan fingerprint density at radius 1 is 1.12 bits per heavy atom. The van der Waals surface area contributed by atoms with Crippen LogP contribution >= 0.6 is 0 Å². The summed E-state index contributed by atoms with van der Waals surface area (Å²) in [6.45, 7) is 6.21. The molecule has 32 heavy (non-hydrogen) atoms. The van der Waals surface area contributed by atoms with Crippen LogP contribution in [0.1, 0.15) is 25.3 Å².